The van der Waals surface area contributed by atoms with Crippen LogP contribution in [0.15, 0.2) is 60.9 Å². The van der Waals surface area contributed by atoms with Gasteiger partial charge in [-0.2, -0.15) is 0 Å². The Labute approximate surface area is 170 Å². The SMILES string of the molecule is COc1ccccc1CNc1cc(N2CCN(c3ccc(F)cc3)CC2)ncn1. The fourth-order valence-corrected chi connectivity index (χ4v) is 3.50. The zero-order valence-electron chi connectivity index (χ0n) is 16.4. The highest BCUT2D eigenvalue weighted by Crippen LogP contribution is 2.22. The van der Waals surface area contributed by atoms with E-state index in [4.69, 9.17) is 4.74 Å². The van der Waals surface area contributed by atoms with E-state index in [2.05, 4.69) is 25.1 Å². The van der Waals surface area contributed by atoms with E-state index in [1.807, 2.05) is 42.5 Å². The summed E-state index contributed by atoms with van der Waals surface area (Å²) in [6.45, 7) is 4.04. The highest BCUT2D eigenvalue weighted by Gasteiger charge is 2.19. The van der Waals surface area contributed by atoms with Crippen LogP contribution in [-0.4, -0.2) is 43.3 Å². The van der Waals surface area contributed by atoms with Gasteiger partial charge in [0.1, 0.15) is 29.5 Å². The number of nitrogens with zero attached hydrogens (tertiary/aromatic N) is 4. The van der Waals surface area contributed by atoms with Crippen molar-refractivity contribution in [1.82, 2.24) is 9.97 Å². The van der Waals surface area contributed by atoms with Gasteiger partial charge in [0.2, 0.25) is 0 Å². The van der Waals surface area contributed by atoms with Gasteiger partial charge in [0, 0.05) is 50.0 Å². The Kier molecular flexibility index (Phi) is 5.74. The van der Waals surface area contributed by atoms with Crippen LogP contribution in [0, 0.1) is 5.82 Å². The van der Waals surface area contributed by atoms with Crippen molar-refractivity contribution in [3.63, 3.8) is 0 Å². The number of halogens is 1. The second-order valence-corrected chi connectivity index (χ2v) is 6.88. The number of benzene rings is 2. The third-order valence-corrected chi connectivity index (χ3v) is 5.10. The third kappa shape index (κ3) is 4.56. The predicted molar refractivity (Wildman–Crippen MR) is 113 cm³/mol. The second kappa shape index (κ2) is 8.77. The van der Waals surface area contributed by atoms with Gasteiger partial charge in [-0.3, -0.25) is 0 Å². The smallest absolute Gasteiger partial charge is 0.134 e. The summed E-state index contributed by atoms with van der Waals surface area (Å²) in [4.78, 5) is 13.3. The van der Waals surface area contributed by atoms with E-state index in [1.54, 1.807) is 13.4 Å². The molecular formula is C22H24FN5O. The van der Waals surface area contributed by atoms with Crippen molar-refractivity contribution in [2.24, 2.45) is 0 Å². The number of aromatic nitrogens is 2. The normalized spacial score (nSPS) is 14.0. The van der Waals surface area contributed by atoms with Gasteiger partial charge in [0.05, 0.1) is 7.11 Å². The maximum atomic E-state index is 13.1. The largest absolute Gasteiger partial charge is 0.496 e. The number of hydrogen-bond acceptors (Lipinski definition) is 6. The fraction of sp³-hybridized carbons (Fsp3) is 0.273. The molecule has 0 atom stereocenters. The molecule has 7 heteroatoms. The Bertz CT molecular complexity index is 942. The molecule has 29 heavy (non-hydrogen) atoms. The maximum absolute atomic E-state index is 13.1. The van der Waals surface area contributed by atoms with Crippen LogP contribution in [0.25, 0.3) is 0 Å². The molecule has 1 aliphatic heterocycles. The number of hydrogen-bond donors (Lipinski definition) is 1. The van der Waals surface area contributed by atoms with Crippen LogP contribution in [0.2, 0.25) is 0 Å². The molecule has 1 saturated heterocycles. The molecule has 150 valence electrons. The van der Waals surface area contributed by atoms with E-state index >= 15 is 0 Å². The summed E-state index contributed by atoms with van der Waals surface area (Å²) < 4.78 is 18.5. The van der Waals surface area contributed by atoms with Crippen LogP contribution >= 0.6 is 0 Å². The quantitative estimate of drug-likeness (QED) is 0.691. The van der Waals surface area contributed by atoms with Gasteiger partial charge in [-0.25, -0.2) is 14.4 Å². The highest BCUT2D eigenvalue weighted by molar-refractivity contribution is 5.52. The zero-order chi connectivity index (χ0) is 20.1. The monoisotopic (exact) mass is 393 g/mol. The lowest BCUT2D eigenvalue weighted by atomic mass is 10.2. The zero-order valence-corrected chi connectivity index (χ0v) is 16.4. The summed E-state index contributed by atoms with van der Waals surface area (Å²) in [5, 5.41) is 3.35. The number of piperazine rings is 1. The molecular weight excluding hydrogens is 369 g/mol. The number of para-hydroxylation sites is 1. The van der Waals surface area contributed by atoms with Gasteiger partial charge in [0.25, 0.3) is 0 Å². The molecule has 0 radical (unpaired) electrons. The average molecular weight is 393 g/mol. The average Bonchev–Trinajstić information content (AvgIpc) is 2.79. The molecule has 4 rings (SSSR count). The Morgan fingerprint density at radius 1 is 0.966 bits per heavy atom. The lowest BCUT2D eigenvalue weighted by Gasteiger charge is -2.36. The van der Waals surface area contributed by atoms with Crippen LogP contribution < -0.4 is 19.9 Å². The lowest BCUT2D eigenvalue weighted by Crippen LogP contribution is -2.46. The summed E-state index contributed by atoms with van der Waals surface area (Å²) in [5.41, 5.74) is 2.12. The van der Waals surface area contributed by atoms with Crippen LogP contribution in [0.5, 0.6) is 5.75 Å². The molecule has 1 fully saturated rings. The van der Waals surface area contributed by atoms with Gasteiger partial charge in [-0.15, -0.1) is 0 Å². The fourth-order valence-electron chi connectivity index (χ4n) is 3.50. The van der Waals surface area contributed by atoms with E-state index in [0.717, 1.165) is 54.8 Å². The molecule has 2 heterocycles. The Hall–Kier alpha value is -3.35. The molecule has 1 N–H and O–H groups in total. The molecule has 0 spiro atoms. The van der Waals surface area contributed by atoms with Crippen molar-refractivity contribution in [2.75, 3.05) is 48.4 Å². The van der Waals surface area contributed by atoms with E-state index in [0.29, 0.717) is 6.54 Å². The van der Waals surface area contributed by atoms with E-state index < -0.39 is 0 Å². The van der Waals surface area contributed by atoms with Crippen molar-refractivity contribution in [3.8, 4) is 5.75 Å². The topological polar surface area (TPSA) is 53.5 Å². The minimum Gasteiger partial charge on any atom is -0.496 e. The van der Waals surface area contributed by atoms with Crippen molar-refractivity contribution in [3.05, 3.63) is 72.3 Å². The third-order valence-electron chi connectivity index (χ3n) is 5.10. The lowest BCUT2D eigenvalue weighted by molar-refractivity contribution is 0.410. The van der Waals surface area contributed by atoms with Crippen molar-refractivity contribution in [1.29, 1.82) is 0 Å². The van der Waals surface area contributed by atoms with Gasteiger partial charge in [0.15, 0.2) is 0 Å². The first-order valence-corrected chi connectivity index (χ1v) is 9.66. The van der Waals surface area contributed by atoms with Crippen LogP contribution in [-0.2, 0) is 6.54 Å². The van der Waals surface area contributed by atoms with Crippen LogP contribution in [0.1, 0.15) is 5.56 Å². The van der Waals surface area contributed by atoms with E-state index in [1.165, 1.54) is 12.1 Å². The molecule has 2 aromatic carbocycles. The number of rotatable bonds is 6. The molecule has 0 aliphatic carbocycles. The Morgan fingerprint density at radius 3 is 2.45 bits per heavy atom. The van der Waals surface area contributed by atoms with E-state index in [9.17, 15) is 4.39 Å². The summed E-state index contributed by atoms with van der Waals surface area (Å²) in [7, 11) is 1.67. The van der Waals surface area contributed by atoms with Crippen molar-refractivity contribution in [2.45, 2.75) is 6.54 Å². The number of anilines is 3. The summed E-state index contributed by atoms with van der Waals surface area (Å²) in [6, 6.07) is 16.6. The summed E-state index contributed by atoms with van der Waals surface area (Å²) in [6.07, 6.45) is 1.59. The molecule has 3 aromatic rings. The summed E-state index contributed by atoms with van der Waals surface area (Å²) in [5.74, 6) is 2.33. The van der Waals surface area contributed by atoms with Crippen LogP contribution in [0.3, 0.4) is 0 Å². The number of ether oxygens (including phenoxy) is 1. The second-order valence-electron chi connectivity index (χ2n) is 6.88. The molecule has 0 saturated carbocycles. The van der Waals surface area contributed by atoms with Gasteiger partial charge < -0.3 is 19.9 Å². The van der Waals surface area contributed by atoms with Crippen LogP contribution in [0.4, 0.5) is 21.7 Å². The molecule has 1 aromatic heterocycles. The van der Waals surface area contributed by atoms with Gasteiger partial charge in [-0.1, -0.05) is 18.2 Å². The minimum atomic E-state index is -0.207. The van der Waals surface area contributed by atoms with Gasteiger partial charge >= 0.3 is 0 Å². The Morgan fingerprint density at radius 2 is 1.69 bits per heavy atom. The highest BCUT2D eigenvalue weighted by atomic mass is 19.1. The Balaban J connectivity index is 1.37. The standard InChI is InChI=1S/C22H24FN5O/c1-29-20-5-3-2-4-17(20)15-24-21-14-22(26-16-25-21)28-12-10-27(11-13-28)19-8-6-18(23)7-9-19/h2-9,14,16H,10-13,15H2,1H3,(H,24,25,26). The molecule has 0 amide bonds. The summed E-state index contributed by atoms with van der Waals surface area (Å²) >= 11 is 0. The predicted octanol–water partition coefficient (Wildman–Crippen LogP) is 3.56. The minimum absolute atomic E-state index is 0.207. The molecule has 0 bridgehead atoms. The number of methoxy groups -OCH3 is 1. The number of nitrogens with one attached hydrogen (secondary N) is 1. The van der Waals surface area contributed by atoms with E-state index in [-0.39, 0.29) is 5.82 Å². The molecule has 6 nitrogen and oxygen atoms in total. The first-order valence-electron chi connectivity index (χ1n) is 9.66. The van der Waals surface area contributed by atoms with Crippen molar-refractivity contribution < 1.29 is 9.13 Å². The molecule has 1 aliphatic rings. The molecule has 0 unspecified atom stereocenters. The van der Waals surface area contributed by atoms with Crippen molar-refractivity contribution >= 4 is 17.3 Å². The first-order chi connectivity index (χ1) is 14.2. The maximum Gasteiger partial charge on any atom is 0.134 e. The first kappa shape index (κ1) is 19.0. The van der Waals surface area contributed by atoms with Gasteiger partial charge in [-0.05, 0) is 30.3 Å².